The molecule has 0 aliphatic heterocycles. The Hall–Kier alpha value is -3.77. The van der Waals surface area contributed by atoms with E-state index in [4.69, 9.17) is 5.11 Å². The molecule has 0 radical (unpaired) electrons. The lowest BCUT2D eigenvalue weighted by atomic mass is 10.1. The summed E-state index contributed by atoms with van der Waals surface area (Å²) in [5.41, 5.74) is 3.69. The normalized spacial score (nSPS) is 10.8. The molecule has 0 aromatic heterocycles. The molecule has 32 heavy (non-hydrogen) atoms. The van der Waals surface area contributed by atoms with E-state index in [9.17, 15) is 14.0 Å². The number of amides is 1. The molecule has 0 heterocycles. The van der Waals surface area contributed by atoms with Crippen molar-refractivity contribution in [1.82, 2.24) is 0 Å². The Balaban J connectivity index is 1.55. The lowest BCUT2D eigenvalue weighted by Crippen LogP contribution is -2.20. The summed E-state index contributed by atoms with van der Waals surface area (Å²) >= 11 is 0. The van der Waals surface area contributed by atoms with E-state index in [0.29, 0.717) is 23.4 Å². The van der Waals surface area contributed by atoms with Crippen LogP contribution in [0.15, 0.2) is 78.9 Å². The topological polar surface area (TPSA) is 69.6 Å². The molecule has 0 fully saturated rings. The number of aliphatic hydroxyl groups excluding tert-OH is 1. The Labute approximate surface area is 186 Å². The number of anilines is 2. The van der Waals surface area contributed by atoms with Gasteiger partial charge in [-0.2, -0.15) is 0 Å². The van der Waals surface area contributed by atoms with Crippen LogP contribution < -0.4 is 10.2 Å². The smallest absolute Gasteiger partial charge is 0.228 e. The Morgan fingerprint density at radius 1 is 0.969 bits per heavy atom. The molecule has 2 N–H and O–H groups in total. The maximum absolute atomic E-state index is 13.0. The lowest BCUT2D eigenvalue weighted by Gasteiger charge is -2.17. The van der Waals surface area contributed by atoms with Gasteiger partial charge in [-0.1, -0.05) is 30.3 Å². The molecule has 0 atom stereocenters. The highest BCUT2D eigenvalue weighted by molar-refractivity contribution is 6.07. The number of rotatable bonds is 9. The van der Waals surface area contributed by atoms with Crippen molar-refractivity contribution < 1.29 is 19.1 Å². The van der Waals surface area contributed by atoms with E-state index in [0.717, 1.165) is 11.3 Å². The zero-order valence-electron chi connectivity index (χ0n) is 17.8. The maximum Gasteiger partial charge on any atom is 0.228 e. The average molecular weight is 432 g/mol. The summed E-state index contributed by atoms with van der Waals surface area (Å²) in [7, 11) is 1.90. The van der Waals surface area contributed by atoms with E-state index in [-0.39, 0.29) is 30.5 Å². The number of nitrogens with zero attached hydrogens (tertiary/aromatic N) is 1. The first-order valence-corrected chi connectivity index (χ1v) is 10.2. The average Bonchev–Trinajstić information content (AvgIpc) is 2.80. The summed E-state index contributed by atoms with van der Waals surface area (Å²) in [6.07, 6.45) is 3.39. The van der Waals surface area contributed by atoms with Gasteiger partial charge < -0.3 is 15.3 Å². The van der Waals surface area contributed by atoms with Crippen molar-refractivity contribution >= 4 is 29.1 Å². The Bertz CT molecular complexity index is 1080. The molecule has 3 aromatic rings. The highest BCUT2D eigenvalue weighted by Crippen LogP contribution is 2.16. The van der Waals surface area contributed by atoms with Crippen LogP contribution in [0, 0.1) is 5.82 Å². The lowest BCUT2D eigenvalue weighted by molar-refractivity contribution is -0.115. The zero-order chi connectivity index (χ0) is 22.9. The first-order valence-electron chi connectivity index (χ1n) is 10.2. The standard InChI is InChI=1S/C26H25FN2O3/c1-29(16-17-30)24-13-4-19(5-14-24)6-15-25(31)21-7-11-23(12-8-21)28-26(32)18-20-2-9-22(27)10-3-20/h2-15,30H,16-18H2,1H3,(H,28,32)/b15-6+. The second-order valence-electron chi connectivity index (χ2n) is 7.36. The molecule has 3 rings (SSSR count). The maximum atomic E-state index is 13.0. The van der Waals surface area contributed by atoms with Crippen LogP contribution in [-0.4, -0.2) is 37.0 Å². The minimum atomic E-state index is -0.342. The number of hydrogen-bond donors (Lipinski definition) is 2. The Kier molecular flexibility index (Phi) is 7.89. The first-order chi connectivity index (χ1) is 15.4. The molecule has 164 valence electrons. The first kappa shape index (κ1) is 22.9. The predicted molar refractivity (Wildman–Crippen MR) is 125 cm³/mol. The fourth-order valence-corrected chi connectivity index (χ4v) is 3.10. The number of likely N-dealkylation sites (N-methyl/N-ethyl adjacent to an activating group) is 1. The third-order valence-electron chi connectivity index (χ3n) is 4.93. The fourth-order valence-electron chi connectivity index (χ4n) is 3.10. The van der Waals surface area contributed by atoms with Crippen LogP contribution in [0.3, 0.4) is 0 Å². The van der Waals surface area contributed by atoms with E-state index >= 15 is 0 Å². The molecular weight excluding hydrogens is 407 g/mol. The number of halogens is 1. The number of hydrogen-bond acceptors (Lipinski definition) is 4. The molecule has 1 amide bonds. The van der Waals surface area contributed by atoms with E-state index in [1.54, 1.807) is 42.5 Å². The van der Waals surface area contributed by atoms with Crippen molar-refractivity contribution in [3.8, 4) is 0 Å². The number of carbonyl (C=O) groups is 2. The van der Waals surface area contributed by atoms with Gasteiger partial charge >= 0.3 is 0 Å². The van der Waals surface area contributed by atoms with Crippen LogP contribution in [0.5, 0.6) is 0 Å². The second kappa shape index (κ2) is 11.0. The predicted octanol–water partition coefficient (Wildman–Crippen LogP) is 4.33. The van der Waals surface area contributed by atoms with E-state index in [1.807, 2.05) is 36.2 Å². The number of ketones is 1. The van der Waals surface area contributed by atoms with Crippen LogP contribution in [0.1, 0.15) is 21.5 Å². The minimum absolute atomic E-state index is 0.0867. The van der Waals surface area contributed by atoms with E-state index in [2.05, 4.69) is 5.32 Å². The molecule has 0 aliphatic rings. The summed E-state index contributed by atoms with van der Waals surface area (Å²) in [4.78, 5) is 26.5. The second-order valence-corrected chi connectivity index (χ2v) is 7.36. The van der Waals surface area contributed by atoms with Crippen LogP contribution in [0.2, 0.25) is 0 Å². The van der Waals surface area contributed by atoms with E-state index < -0.39 is 0 Å². The monoisotopic (exact) mass is 432 g/mol. The molecule has 3 aromatic carbocycles. The number of carbonyl (C=O) groups excluding carboxylic acids is 2. The third kappa shape index (κ3) is 6.62. The van der Waals surface area contributed by atoms with Gasteiger partial charge in [0.25, 0.3) is 0 Å². The van der Waals surface area contributed by atoms with E-state index in [1.165, 1.54) is 18.2 Å². The van der Waals surface area contributed by atoms with Crippen molar-refractivity contribution in [3.05, 3.63) is 101 Å². The summed E-state index contributed by atoms with van der Waals surface area (Å²) < 4.78 is 13.0. The van der Waals surface area contributed by atoms with Gasteiger partial charge in [0.15, 0.2) is 5.78 Å². The molecule has 6 heteroatoms. The Morgan fingerprint density at radius 2 is 1.62 bits per heavy atom. The SMILES string of the molecule is CN(CCO)c1ccc(/C=C/C(=O)c2ccc(NC(=O)Cc3ccc(F)cc3)cc2)cc1. The third-order valence-corrected chi connectivity index (χ3v) is 4.93. The van der Waals surface area contributed by atoms with Gasteiger partial charge in [0.05, 0.1) is 13.0 Å². The largest absolute Gasteiger partial charge is 0.395 e. The van der Waals surface area contributed by atoms with Crippen LogP contribution in [0.25, 0.3) is 6.08 Å². The molecule has 0 aliphatic carbocycles. The summed E-state index contributed by atoms with van der Waals surface area (Å²) in [5.74, 6) is -0.703. The highest BCUT2D eigenvalue weighted by Gasteiger charge is 2.06. The van der Waals surface area contributed by atoms with Crippen molar-refractivity contribution in [2.24, 2.45) is 0 Å². The quantitative estimate of drug-likeness (QED) is 0.390. The highest BCUT2D eigenvalue weighted by atomic mass is 19.1. The molecule has 0 spiro atoms. The molecule has 0 unspecified atom stereocenters. The number of nitrogens with one attached hydrogen (secondary N) is 1. The summed E-state index contributed by atoms with van der Waals surface area (Å²) in [6, 6.07) is 20.1. The summed E-state index contributed by atoms with van der Waals surface area (Å²) in [5, 5.41) is 11.8. The number of benzene rings is 3. The van der Waals surface area contributed by atoms with Crippen molar-refractivity contribution in [1.29, 1.82) is 0 Å². The van der Waals surface area contributed by atoms with Gasteiger partial charge in [0.2, 0.25) is 5.91 Å². The fraction of sp³-hybridized carbons (Fsp3) is 0.154. The van der Waals surface area contributed by atoms with Crippen LogP contribution in [-0.2, 0) is 11.2 Å². The van der Waals surface area contributed by atoms with Gasteiger partial charge in [0.1, 0.15) is 5.82 Å². The van der Waals surface area contributed by atoms with Crippen molar-refractivity contribution in [2.75, 3.05) is 30.4 Å². The van der Waals surface area contributed by atoms with Gasteiger partial charge in [-0.05, 0) is 65.7 Å². The molecule has 0 bridgehead atoms. The van der Waals surface area contributed by atoms with Gasteiger partial charge in [-0.25, -0.2) is 4.39 Å². The van der Waals surface area contributed by atoms with Gasteiger partial charge in [-0.3, -0.25) is 9.59 Å². The summed E-state index contributed by atoms with van der Waals surface area (Å²) in [6.45, 7) is 0.639. The van der Waals surface area contributed by atoms with Gasteiger partial charge in [0, 0.05) is 30.5 Å². The Morgan fingerprint density at radius 3 is 2.25 bits per heavy atom. The molecular formula is C26H25FN2O3. The number of aliphatic hydroxyl groups is 1. The van der Waals surface area contributed by atoms with Crippen molar-refractivity contribution in [3.63, 3.8) is 0 Å². The zero-order valence-corrected chi connectivity index (χ0v) is 17.8. The van der Waals surface area contributed by atoms with Crippen molar-refractivity contribution in [2.45, 2.75) is 6.42 Å². The molecule has 0 saturated heterocycles. The number of allylic oxidation sites excluding steroid dienone is 1. The molecule has 5 nitrogen and oxygen atoms in total. The minimum Gasteiger partial charge on any atom is -0.395 e. The molecule has 0 saturated carbocycles. The van der Waals surface area contributed by atoms with Crippen LogP contribution in [0.4, 0.5) is 15.8 Å². The van der Waals surface area contributed by atoms with Gasteiger partial charge in [-0.15, -0.1) is 0 Å². The van der Waals surface area contributed by atoms with Crippen LogP contribution >= 0.6 is 0 Å².